The van der Waals surface area contributed by atoms with Crippen molar-refractivity contribution in [2.24, 2.45) is 0 Å². The van der Waals surface area contributed by atoms with Crippen molar-refractivity contribution < 1.29 is 65.9 Å². The van der Waals surface area contributed by atoms with Crippen LogP contribution in [0.1, 0.15) is 0 Å². The Labute approximate surface area is 248 Å². The lowest BCUT2D eigenvalue weighted by atomic mass is 9.71. The molecule has 3 nitrogen and oxygen atoms in total. The Morgan fingerprint density at radius 1 is 0.262 bits per heavy atom. The first kappa shape index (κ1) is 32.6. The van der Waals surface area contributed by atoms with E-state index in [4.69, 9.17) is 0 Å². The lowest BCUT2D eigenvalue weighted by Gasteiger charge is -2.51. The maximum Gasteiger partial charge on any atom is 0.434 e. The average molecular weight is 815 g/mol. The zero-order chi connectivity index (χ0) is 31.9. The van der Waals surface area contributed by atoms with Gasteiger partial charge in [-0.3, -0.25) is 0 Å². The van der Waals surface area contributed by atoms with Crippen molar-refractivity contribution in [1.82, 2.24) is 0 Å². The van der Waals surface area contributed by atoms with Gasteiger partial charge in [-0.05, 0) is 0 Å². The molecule has 0 spiro atoms. The number of nitrogens with zero attached hydrogens (tertiary/aromatic N) is 3. The van der Waals surface area contributed by atoms with Gasteiger partial charge in [-0.25, -0.2) is 65.9 Å². The summed E-state index contributed by atoms with van der Waals surface area (Å²) in [6.07, 6.45) is 0. The highest BCUT2D eigenvalue weighted by molar-refractivity contribution is 9.28. The zero-order valence-corrected chi connectivity index (χ0v) is 23.6. The Bertz CT molecular complexity index is 1370. The molecule has 42 heavy (non-hydrogen) atoms. The summed E-state index contributed by atoms with van der Waals surface area (Å²) in [4.78, 5) is 0. The number of halogens is 18. The van der Waals surface area contributed by atoms with Crippen molar-refractivity contribution in [2.75, 3.05) is 14.2 Å². The molecule has 0 atom stereocenters. The molecule has 3 aromatic carbocycles. The van der Waals surface area contributed by atoms with Gasteiger partial charge in [-0.2, -0.15) is 0 Å². The van der Waals surface area contributed by atoms with Crippen LogP contribution in [0.2, 0.25) is 0 Å². The Balaban J connectivity index is 2.14. The standard InChI is InChI=1S/C18B3Br3F15N3/c22-19-40(16-10(34)4(28)1(25)5(29)11(16)35)20(23)42(18-14(38)8(32)3(27)9(33)15(18)39)21(24)41(19)17-12(36)6(30)2(26)7(31)13(17)37. The minimum absolute atomic E-state index is 0.204. The fourth-order valence-corrected chi connectivity index (χ4v) is 7.33. The molecule has 1 heterocycles. The highest BCUT2D eigenvalue weighted by Crippen LogP contribution is 2.45. The van der Waals surface area contributed by atoms with Crippen LogP contribution in [0.3, 0.4) is 0 Å². The smallest absolute Gasteiger partial charge is 0.400 e. The van der Waals surface area contributed by atoms with Gasteiger partial charge in [0.05, 0.1) is 17.1 Å². The number of rotatable bonds is 3. The third-order valence-corrected chi connectivity index (χ3v) is 8.36. The second kappa shape index (κ2) is 11.3. The molecule has 1 saturated heterocycles. The van der Waals surface area contributed by atoms with Crippen LogP contribution in [0.5, 0.6) is 0 Å². The molecule has 0 unspecified atom stereocenters. The molecule has 0 amide bonds. The van der Waals surface area contributed by atoms with Crippen LogP contribution in [0.15, 0.2) is 0 Å². The Kier molecular flexibility index (Phi) is 8.75. The van der Waals surface area contributed by atoms with E-state index in [1.54, 1.807) is 0 Å². The molecule has 0 aliphatic carbocycles. The van der Waals surface area contributed by atoms with E-state index in [0.717, 1.165) is 0 Å². The van der Waals surface area contributed by atoms with Gasteiger partial charge in [-0.15, -0.1) is 0 Å². The average Bonchev–Trinajstić information content (AvgIpc) is 2.95. The SMILES string of the molecule is Fc1c(F)c(F)c(N2B(Br)N(c3c(F)c(F)c(F)c(F)c3F)B(Br)N(c3c(F)c(F)c(F)c(F)c3F)B2Br)c(F)c1F. The summed E-state index contributed by atoms with van der Waals surface area (Å²) in [5.41, 5.74) is -6.17. The predicted octanol–water partition coefficient (Wildman–Crippen LogP) is 7.75. The highest BCUT2D eigenvalue weighted by Gasteiger charge is 2.57. The topological polar surface area (TPSA) is 9.72 Å². The van der Waals surface area contributed by atoms with E-state index in [2.05, 4.69) is 47.3 Å². The molecule has 1 aliphatic heterocycles. The maximum absolute atomic E-state index is 14.9. The molecule has 0 aromatic heterocycles. The molecule has 1 fully saturated rings. The monoisotopic (exact) mass is 813 g/mol. The molecular formula is C18B3Br3F15N3. The number of benzene rings is 3. The first-order valence-corrected chi connectivity index (χ1v) is 13.0. The van der Waals surface area contributed by atoms with E-state index in [9.17, 15) is 65.9 Å². The number of hydrogen-bond acceptors (Lipinski definition) is 3. The fourth-order valence-electron chi connectivity index (χ4n) is 3.81. The Morgan fingerprint density at radius 3 is 0.524 bits per heavy atom. The lowest BCUT2D eigenvalue weighted by molar-refractivity contribution is 0.380. The summed E-state index contributed by atoms with van der Waals surface area (Å²) in [6, 6.07) is 0. The molecule has 4 rings (SSSR count). The summed E-state index contributed by atoms with van der Waals surface area (Å²) in [5.74, 6) is -47.8. The summed E-state index contributed by atoms with van der Waals surface area (Å²) < 4.78 is 215. The quantitative estimate of drug-likeness (QED) is 0.116. The van der Waals surface area contributed by atoms with Gasteiger partial charge in [0.2, 0.25) is 17.5 Å². The second-order valence-electron chi connectivity index (χ2n) is 7.91. The van der Waals surface area contributed by atoms with Crippen molar-refractivity contribution in [2.45, 2.75) is 0 Å². The maximum atomic E-state index is 14.9. The fraction of sp³-hybridized carbons (Fsp3) is 0. The predicted molar refractivity (Wildman–Crippen MR) is 130 cm³/mol. The van der Waals surface area contributed by atoms with E-state index >= 15 is 0 Å². The minimum Gasteiger partial charge on any atom is -0.400 e. The molecule has 0 radical (unpaired) electrons. The second-order valence-corrected chi connectivity index (χ2v) is 10.4. The molecule has 222 valence electrons. The van der Waals surface area contributed by atoms with Crippen molar-refractivity contribution in [3.63, 3.8) is 0 Å². The summed E-state index contributed by atoms with van der Waals surface area (Å²) >= 11 is 7.65. The largest absolute Gasteiger partial charge is 0.434 e. The van der Waals surface area contributed by atoms with Gasteiger partial charge in [0.15, 0.2) is 69.8 Å². The van der Waals surface area contributed by atoms with Gasteiger partial charge >= 0.3 is 17.4 Å². The van der Waals surface area contributed by atoms with E-state index in [1.165, 1.54) is 0 Å². The third kappa shape index (κ3) is 4.53. The van der Waals surface area contributed by atoms with Gasteiger partial charge in [0, 0.05) is 0 Å². The van der Waals surface area contributed by atoms with Crippen LogP contribution in [0.25, 0.3) is 0 Å². The molecule has 24 heteroatoms. The molecule has 0 N–H and O–H groups in total. The van der Waals surface area contributed by atoms with Crippen LogP contribution in [0, 0.1) is 87.3 Å². The molecule has 1 aliphatic rings. The van der Waals surface area contributed by atoms with E-state index in [1.807, 2.05) is 0 Å². The van der Waals surface area contributed by atoms with Crippen LogP contribution in [0.4, 0.5) is 82.9 Å². The first-order chi connectivity index (χ1) is 19.4. The zero-order valence-electron chi connectivity index (χ0n) is 18.9. The molecule has 0 bridgehead atoms. The molecule has 0 saturated carbocycles. The minimum atomic E-state index is -2.73. The van der Waals surface area contributed by atoms with Crippen LogP contribution in [-0.2, 0) is 0 Å². The molecular weight excluding hydrogens is 815 g/mol. The van der Waals surface area contributed by atoms with Crippen molar-refractivity contribution in [3.8, 4) is 0 Å². The van der Waals surface area contributed by atoms with Gasteiger partial charge in [-0.1, -0.05) is 47.3 Å². The third-order valence-electron chi connectivity index (χ3n) is 5.71. The van der Waals surface area contributed by atoms with Crippen LogP contribution in [-0.4, -0.2) is 17.4 Å². The lowest BCUT2D eigenvalue weighted by Crippen LogP contribution is -2.75. The van der Waals surface area contributed by atoms with Crippen LogP contribution < -0.4 is 14.2 Å². The summed E-state index contributed by atoms with van der Waals surface area (Å²) in [7, 11) is 0. The van der Waals surface area contributed by atoms with Crippen LogP contribution >= 0.6 is 47.3 Å². The summed E-state index contributed by atoms with van der Waals surface area (Å²) in [5, 5.41) is 0. The highest BCUT2D eigenvalue weighted by atomic mass is 79.9. The Morgan fingerprint density at radius 2 is 0.381 bits per heavy atom. The number of hydrogen-bond donors (Lipinski definition) is 0. The van der Waals surface area contributed by atoms with Gasteiger partial charge < -0.3 is 14.2 Å². The van der Waals surface area contributed by atoms with Crippen molar-refractivity contribution >= 4 is 81.8 Å². The number of anilines is 3. The van der Waals surface area contributed by atoms with Crippen molar-refractivity contribution in [3.05, 3.63) is 87.3 Å². The molecule has 3 aromatic rings. The van der Waals surface area contributed by atoms with E-state index < -0.39 is 122 Å². The van der Waals surface area contributed by atoms with Gasteiger partial charge in [0.1, 0.15) is 0 Å². The summed E-state index contributed by atoms with van der Waals surface area (Å²) in [6.45, 7) is 0. The van der Waals surface area contributed by atoms with E-state index in [-0.39, 0.29) is 14.2 Å². The van der Waals surface area contributed by atoms with Gasteiger partial charge in [0.25, 0.3) is 0 Å². The Hall–Kier alpha value is -2.36. The van der Waals surface area contributed by atoms with E-state index in [0.29, 0.717) is 0 Å². The normalized spacial score (nSPS) is 14.1. The first-order valence-electron chi connectivity index (χ1n) is 10.2. The van der Waals surface area contributed by atoms with Crippen molar-refractivity contribution in [1.29, 1.82) is 0 Å².